The number of unbranched alkanes of at least 4 members (excludes halogenated alkanes) is 3. The van der Waals surface area contributed by atoms with Crippen molar-refractivity contribution in [3.05, 3.63) is 35.9 Å². The Morgan fingerprint density at radius 3 is 1.07 bits per heavy atom. The summed E-state index contributed by atoms with van der Waals surface area (Å²) in [5, 5.41) is 142. The molecule has 1 aromatic carbocycles. The first-order chi connectivity index (χ1) is 46.7. The number of hydrogen-bond donors (Lipinski definition) is 19. The Balaban J connectivity index is 1.22. The molecule has 4 fully saturated rings. The van der Waals surface area contributed by atoms with Crippen LogP contribution in [0.2, 0.25) is 0 Å². The third-order valence-corrected chi connectivity index (χ3v) is 16.5. The van der Waals surface area contributed by atoms with Crippen LogP contribution < -0.4 is 37.2 Å². The molecule has 37 nitrogen and oxygen atoms in total. The fourth-order valence-corrected chi connectivity index (χ4v) is 10.7. The van der Waals surface area contributed by atoms with E-state index < -0.39 is 203 Å². The maximum absolute atomic E-state index is 14.4. The summed E-state index contributed by atoms with van der Waals surface area (Å²) in [6, 6.07) is 7.85. The average molecular weight is 1410 g/mol. The fourth-order valence-electron chi connectivity index (χ4n) is 10.7. The number of hydrogen-bond acceptors (Lipinski definition) is 30. The monoisotopic (exact) mass is 1410 g/mol. The molecule has 0 saturated carbocycles. The van der Waals surface area contributed by atoms with Crippen LogP contribution in [0.1, 0.15) is 71.8 Å². The fraction of sp³-hybridized carbons (Fsp3) is 0.787. The number of aliphatic hydroxyl groups excluding tert-OH is 12. The molecule has 0 aliphatic carbocycles. The first-order valence-electron chi connectivity index (χ1n) is 32.9. The molecule has 0 aromatic heterocycles. The Bertz CT molecular complexity index is 2510. The van der Waals surface area contributed by atoms with E-state index in [1.54, 1.807) is 0 Å². The summed E-state index contributed by atoms with van der Waals surface area (Å²) >= 11 is 0. The van der Waals surface area contributed by atoms with Gasteiger partial charge in [-0.25, -0.2) is 4.79 Å². The minimum Gasteiger partial charge on any atom is -0.445 e. The molecule has 4 saturated heterocycles. The molecule has 560 valence electrons. The van der Waals surface area contributed by atoms with Crippen molar-refractivity contribution in [2.45, 2.75) is 202 Å². The van der Waals surface area contributed by atoms with Crippen molar-refractivity contribution in [1.82, 2.24) is 47.0 Å². The minimum atomic E-state index is -1.66. The van der Waals surface area contributed by atoms with E-state index in [4.69, 9.17) is 42.6 Å². The van der Waals surface area contributed by atoms with E-state index in [0.717, 1.165) is 5.56 Å². The minimum absolute atomic E-state index is 0.0321. The third-order valence-electron chi connectivity index (χ3n) is 16.5. The van der Waals surface area contributed by atoms with Gasteiger partial charge in [-0.2, -0.15) is 0 Å². The second-order valence-electron chi connectivity index (χ2n) is 24.4. The van der Waals surface area contributed by atoms with Gasteiger partial charge in [0.05, 0.1) is 89.6 Å². The Kier molecular flexibility index (Phi) is 36.7. The number of ether oxygens (including phenoxy) is 9. The lowest BCUT2D eigenvalue weighted by molar-refractivity contribution is -0.292. The van der Waals surface area contributed by atoms with Crippen LogP contribution >= 0.6 is 0 Å². The molecule has 0 radical (unpaired) electrons. The molecule has 5 rings (SSSR count). The first-order valence-corrected chi connectivity index (χ1v) is 32.9. The number of nitrogens with one attached hydrogen (secondary N) is 7. The van der Waals surface area contributed by atoms with Gasteiger partial charge in [-0.15, -0.1) is 0 Å². The van der Waals surface area contributed by atoms with Crippen molar-refractivity contribution < 1.29 is 137 Å². The predicted molar refractivity (Wildman–Crippen MR) is 335 cm³/mol. The van der Waals surface area contributed by atoms with E-state index in [1.807, 2.05) is 30.3 Å². The van der Waals surface area contributed by atoms with Crippen LogP contribution in [0.5, 0.6) is 0 Å². The molecule has 1 aromatic rings. The van der Waals surface area contributed by atoms with E-state index in [2.05, 4.69) is 37.2 Å². The van der Waals surface area contributed by atoms with Crippen LogP contribution in [-0.4, -0.2) is 346 Å². The molecule has 0 spiro atoms. The van der Waals surface area contributed by atoms with Gasteiger partial charge in [-0.05, 0) is 71.8 Å². The van der Waals surface area contributed by atoms with E-state index in [-0.39, 0.29) is 91.6 Å². The number of alkyl carbamates (subject to hydrolysis) is 1. The van der Waals surface area contributed by atoms with Crippen LogP contribution in [0.3, 0.4) is 0 Å². The second kappa shape index (κ2) is 43.3. The number of rotatable bonds is 41. The zero-order valence-corrected chi connectivity index (χ0v) is 55.6. The highest BCUT2D eigenvalue weighted by atomic mass is 16.7. The lowest BCUT2D eigenvalue weighted by Gasteiger charge is -2.39. The SMILES string of the molecule is C[C@@H]1O[C@@H](OCCNC(=O)CN(CC(=O)NCCO[C@@H]2O[C@@H](C)[C@@H](O)[C@@H](O)[C@@H]2O)[C@@H](CCCCNC(=O)CN(CC(=O)NCCCCCNC(=O)OCc2ccccc2)CC(=O)NCCO[C@H]2O[C@H](C)[C@H](O)[C@H](O)[C@H]2O)C(=O)NCCO[C@@H]2O[C@@H](C)[C@@H](O)[C@@H](O)[C@@H]2O)[C@@H](O)[C@H](O)[C@@H]1O. The average Bonchev–Trinajstić information content (AvgIpc) is 0.886. The number of amides is 7. The van der Waals surface area contributed by atoms with Crippen molar-refractivity contribution in [3.8, 4) is 0 Å². The summed E-state index contributed by atoms with van der Waals surface area (Å²) in [6.45, 7) is 1.94. The zero-order chi connectivity index (χ0) is 72.0. The Morgan fingerprint density at radius 1 is 0.388 bits per heavy atom. The number of nitrogens with zero attached hydrogens (tertiary/aromatic N) is 2. The topological polar surface area (TPSA) is 536 Å². The molecule has 0 unspecified atom stereocenters. The van der Waals surface area contributed by atoms with Crippen molar-refractivity contribution in [3.63, 3.8) is 0 Å². The van der Waals surface area contributed by atoms with Gasteiger partial charge in [-0.3, -0.25) is 38.6 Å². The summed E-state index contributed by atoms with van der Waals surface area (Å²) < 4.78 is 49.2. The van der Waals surface area contributed by atoms with Crippen LogP contribution in [0.15, 0.2) is 30.3 Å². The van der Waals surface area contributed by atoms with Crippen LogP contribution in [0.4, 0.5) is 4.79 Å². The lowest BCUT2D eigenvalue weighted by atomic mass is 10.0. The lowest BCUT2D eigenvalue weighted by Crippen LogP contribution is -2.58. The van der Waals surface area contributed by atoms with Gasteiger partial charge >= 0.3 is 6.09 Å². The van der Waals surface area contributed by atoms with Gasteiger partial charge in [0.25, 0.3) is 0 Å². The zero-order valence-electron chi connectivity index (χ0n) is 55.6. The van der Waals surface area contributed by atoms with Crippen molar-refractivity contribution in [2.24, 2.45) is 0 Å². The molecular weight excluding hydrogens is 1310 g/mol. The van der Waals surface area contributed by atoms with Gasteiger partial charge in [0.2, 0.25) is 35.4 Å². The van der Waals surface area contributed by atoms with Crippen LogP contribution in [0.25, 0.3) is 0 Å². The highest BCUT2D eigenvalue weighted by Gasteiger charge is 2.46. The molecule has 98 heavy (non-hydrogen) atoms. The second-order valence-corrected chi connectivity index (χ2v) is 24.4. The highest BCUT2D eigenvalue weighted by Crippen LogP contribution is 2.25. The predicted octanol–water partition coefficient (Wildman–Crippen LogP) is -8.70. The van der Waals surface area contributed by atoms with E-state index in [9.17, 15) is 94.8 Å². The van der Waals surface area contributed by atoms with Crippen LogP contribution in [0, 0.1) is 0 Å². The van der Waals surface area contributed by atoms with Crippen LogP contribution in [-0.2, 0) is 78.0 Å². The van der Waals surface area contributed by atoms with E-state index in [0.29, 0.717) is 25.8 Å². The molecule has 4 aliphatic rings. The van der Waals surface area contributed by atoms with Gasteiger partial charge in [0.15, 0.2) is 25.2 Å². The van der Waals surface area contributed by atoms with Gasteiger partial charge < -0.3 is 141 Å². The number of carbonyl (C=O) groups excluding carboxylic acids is 7. The molecule has 19 N–H and O–H groups in total. The molecule has 4 aliphatic heterocycles. The van der Waals surface area contributed by atoms with Crippen molar-refractivity contribution in [2.75, 3.05) is 105 Å². The number of aliphatic hydroxyl groups is 12. The Labute approximate surface area is 567 Å². The normalized spacial score (nSPS) is 30.6. The number of benzene rings is 1. The first kappa shape index (κ1) is 83.1. The molecule has 0 bridgehead atoms. The van der Waals surface area contributed by atoms with Crippen molar-refractivity contribution in [1.29, 1.82) is 0 Å². The molecule has 4 heterocycles. The van der Waals surface area contributed by atoms with E-state index >= 15 is 0 Å². The maximum atomic E-state index is 14.4. The summed E-state index contributed by atoms with van der Waals surface area (Å²) in [7, 11) is 0. The third kappa shape index (κ3) is 27.8. The molecule has 21 atom stereocenters. The highest BCUT2D eigenvalue weighted by molar-refractivity contribution is 5.86. The van der Waals surface area contributed by atoms with Crippen molar-refractivity contribution >= 4 is 41.5 Å². The summed E-state index contributed by atoms with van der Waals surface area (Å²) in [5.41, 5.74) is 0.832. The Morgan fingerprint density at radius 2 is 0.704 bits per heavy atom. The number of carbonyl (C=O) groups is 7. The van der Waals surface area contributed by atoms with Gasteiger partial charge in [0, 0.05) is 45.8 Å². The molecular formula is C61H103N9O28. The quantitative estimate of drug-likeness (QED) is 0.0271. The standard InChI is InChI=1S/C61H103N9O28/c1-33-44(76)48(80)52(84)57(95-33)90-23-19-64-41(73)29-69(27-39(71)62-16-10-6-11-18-68-61(89)94-32-37-13-7-5-8-14-37)28-40(72)63-17-12-9-15-38(56(88)67-22-26-93-60-55(87)51(83)47(79)36(4)98-60)70(30-42(74)65-20-24-91-58-53(85)49(81)45(77)34(2)96-58)31-43(75)66-21-25-92-59-54(86)50(82)46(78)35(3)97-59/h5,7-8,13-14,33-36,38,44-55,57-60,76-87H,6,9-12,15-32H2,1-4H3,(H,62,71)(H,63,72)(H,64,73)(H,65,74)(H,66,75)(H,67,88)(H,68,89)/t33-,34+,35+,36+,38+,44+,45-,46-,47-,48+,49-,50-,51-,52-,53+,54+,55+,57+,58-,59-,60-/m1/s1. The van der Waals surface area contributed by atoms with Gasteiger partial charge in [-0.1, -0.05) is 30.3 Å². The Hall–Kier alpha value is -5.57. The summed E-state index contributed by atoms with van der Waals surface area (Å²) in [5.74, 6) is -3.99. The van der Waals surface area contributed by atoms with E-state index in [1.165, 1.54) is 37.5 Å². The molecule has 7 amide bonds. The van der Waals surface area contributed by atoms with Gasteiger partial charge in [0.1, 0.15) is 79.9 Å². The summed E-state index contributed by atoms with van der Waals surface area (Å²) in [6.07, 6.45) is -26.3. The summed E-state index contributed by atoms with van der Waals surface area (Å²) in [4.78, 5) is 96.7. The molecule has 37 heteroatoms. The maximum Gasteiger partial charge on any atom is 0.407 e. The smallest absolute Gasteiger partial charge is 0.407 e. The largest absolute Gasteiger partial charge is 0.445 e.